The molecule has 0 bridgehead atoms. The Kier molecular flexibility index (Phi) is 3.19. The van der Waals surface area contributed by atoms with E-state index < -0.39 is 0 Å². The molecule has 3 rings (SSSR count). The average molecular weight is 247 g/mol. The maximum Gasteiger partial charge on any atom is 0.170 e. The van der Waals surface area contributed by atoms with Crippen LogP contribution in [0, 0.1) is 0 Å². The first kappa shape index (κ1) is 11.5. The minimum Gasteiger partial charge on any atom is -0.492 e. The molecular weight excluding hydrogens is 230 g/mol. The number of ketones is 1. The van der Waals surface area contributed by atoms with Crippen molar-refractivity contribution in [2.45, 2.75) is 25.4 Å². The van der Waals surface area contributed by atoms with Crippen LogP contribution in [-0.2, 0) is 0 Å². The molecule has 1 aromatic rings. The van der Waals surface area contributed by atoms with Crippen LogP contribution in [0.1, 0.15) is 29.6 Å². The van der Waals surface area contributed by atoms with Crippen molar-refractivity contribution in [1.29, 1.82) is 0 Å². The molecule has 4 heteroatoms. The van der Waals surface area contributed by atoms with Crippen molar-refractivity contribution < 1.29 is 14.3 Å². The molecule has 0 aromatic heterocycles. The van der Waals surface area contributed by atoms with Crippen LogP contribution >= 0.6 is 0 Å². The standard InChI is InChI=1S/C14H17NO3/c16-13-5-8-17-14-2-1-11(9-12(13)14)18-10-3-6-15-7-4-10/h1-2,9-10,15H,3-8H2. The zero-order valence-electron chi connectivity index (χ0n) is 10.3. The molecule has 18 heavy (non-hydrogen) atoms. The molecule has 1 aromatic carbocycles. The smallest absolute Gasteiger partial charge is 0.170 e. The Morgan fingerprint density at radius 1 is 1.28 bits per heavy atom. The summed E-state index contributed by atoms with van der Waals surface area (Å²) >= 11 is 0. The van der Waals surface area contributed by atoms with Crippen molar-refractivity contribution in [1.82, 2.24) is 5.32 Å². The summed E-state index contributed by atoms with van der Waals surface area (Å²) in [6.07, 6.45) is 2.75. The number of hydrogen-bond acceptors (Lipinski definition) is 4. The summed E-state index contributed by atoms with van der Waals surface area (Å²) in [5.74, 6) is 1.61. The molecule has 1 N–H and O–H groups in total. The van der Waals surface area contributed by atoms with Crippen LogP contribution < -0.4 is 14.8 Å². The van der Waals surface area contributed by atoms with Crippen molar-refractivity contribution in [2.24, 2.45) is 0 Å². The first-order valence-electron chi connectivity index (χ1n) is 6.50. The minimum atomic E-state index is 0.145. The third-order valence-corrected chi connectivity index (χ3v) is 3.43. The summed E-state index contributed by atoms with van der Waals surface area (Å²) in [5.41, 5.74) is 0.660. The van der Waals surface area contributed by atoms with E-state index in [1.54, 1.807) is 0 Å². The number of benzene rings is 1. The highest BCUT2D eigenvalue weighted by molar-refractivity contribution is 5.99. The van der Waals surface area contributed by atoms with Gasteiger partial charge in [0, 0.05) is 6.42 Å². The first-order valence-corrected chi connectivity index (χ1v) is 6.50. The topological polar surface area (TPSA) is 47.6 Å². The van der Waals surface area contributed by atoms with Gasteiger partial charge in [-0.1, -0.05) is 0 Å². The Morgan fingerprint density at radius 2 is 2.11 bits per heavy atom. The monoisotopic (exact) mass is 247 g/mol. The second kappa shape index (κ2) is 4.98. The predicted molar refractivity (Wildman–Crippen MR) is 67.4 cm³/mol. The highest BCUT2D eigenvalue weighted by Gasteiger charge is 2.20. The van der Waals surface area contributed by atoms with Gasteiger partial charge in [0.25, 0.3) is 0 Å². The molecule has 96 valence electrons. The van der Waals surface area contributed by atoms with E-state index >= 15 is 0 Å². The summed E-state index contributed by atoms with van der Waals surface area (Å²) in [6.45, 7) is 2.48. The summed E-state index contributed by atoms with van der Waals surface area (Å²) in [7, 11) is 0. The Balaban J connectivity index is 1.76. The lowest BCUT2D eigenvalue weighted by atomic mass is 10.0. The number of ether oxygens (including phenoxy) is 2. The second-order valence-electron chi connectivity index (χ2n) is 4.75. The van der Waals surface area contributed by atoms with Crippen molar-refractivity contribution in [2.75, 3.05) is 19.7 Å². The molecule has 0 spiro atoms. The van der Waals surface area contributed by atoms with E-state index in [1.165, 1.54) is 0 Å². The third kappa shape index (κ3) is 2.34. The van der Waals surface area contributed by atoms with Gasteiger partial charge in [-0.25, -0.2) is 0 Å². The van der Waals surface area contributed by atoms with Gasteiger partial charge in [-0.15, -0.1) is 0 Å². The average Bonchev–Trinajstić information content (AvgIpc) is 2.41. The van der Waals surface area contributed by atoms with E-state index in [0.717, 1.165) is 31.7 Å². The van der Waals surface area contributed by atoms with Crippen LogP contribution in [-0.4, -0.2) is 31.6 Å². The fraction of sp³-hybridized carbons (Fsp3) is 0.500. The summed E-state index contributed by atoms with van der Waals surface area (Å²) in [5, 5.41) is 3.30. The molecular formula is C14H17NO3. The van der Waals surface area contributed by atoms with Gasteiger partial charge in [-0.3, -0.25) is 4.79 Å². The number of carbonyl (C=O) groups excluding carboxylic acids is 1. The van der Waals surface area contributed by atoms with E-state index in [1.807, 2.05) is 18.2 Å². The van der Waals surface area contributed by atoms with Gasteiger partial charge in [0.2, 0.25) is 0 Å². The van der Waals surface area contributed by atoms with Crippen molar-refractivity contribution in [3.05, 3.63) is 23.8 Å². The van der Waals surface area contributed by atoms with E-state index in [2.05, 4.69) is 5.32 Å². The Bertz CT molecular complexity index is 452. The summed E-state index contributed by atoms with van der Waals surface area (Å²) < 4.78 is 11.4. The number of nitrogens with one attached hydrogen (secondary N) is 1. The zero-order chi connectivity index (χ0) is 12.4. The van der Waals surface area contributed by atoms with Gasteiger partial charge < -0.3 is 14.8 Å². The van der Waals surface area contributed by atoms with Gasteiger partial charge in [0.15, 0.2) is 5.78 Å². The Hall–Kier alpha value is -1.55. The number of fused-ring (bicyclic) bond motifs is 1. The number of rotatable bonds is 2. The zero-order valence-corrected chi connectivity index (χ0v) is 10.3. The summed E-state index contributed by atoms with van der Waals surface area (Å²) in [6, 6.07) is 5.54. The van der Waals surface area contributed by atoms with Gasteiger partial charge in [-0.05, 0) is 44.1 Å². The van der Waals surface area contributed by atoms with Crippen molar-refractivity contribution >= 4 is 5.78 Å². The molecule has 0 atom stereocenters. The van der Waals surface area contributed by atoms with Crippen LogP contribution in [0.25, 0.3) is 0 Å². The van der Waals surface area contributed by atoms with E-state index in [-0.39, 0.29) is 11.9 Å². The number of Topliss-reactive ketones (excluding diaryl/α,β-unsaturated/α-hetero) is 1. The highest BCUT2D eigenvalue weighted by atomic mass is 16.5. The van der Waals surface area contributed by atoms with Gasteiger partial charge in [0.1, 0.15) is 17.6 Å². The molecule has 4 nitrogen and oxygen atoms in total. The molecule has 2 aliphatic heterocycles. The predicted octanol–water partition coefficient (Wildman–Crippen LogP) is 1.78. The molecule has 0 radical (unpaired) electrons. The highest BCUT2D eigenvalue weighted by Crippen LogP contribution is 2.29. The molecule has 0 unspecified atom stereocenters. The third-order valence-electron chi connectivity index (χ3n) is 3.43. The lowest BCUT2D eigenvalue weighted by Gasteiger charge is -2.24. The number of hydrogen-bond donors (Lipinski definition) is 1. The first-order chi connectivity index (χ1) is 8.83. The van der Waals surface area contributed by atoms with Crippen LogP contribution in [0.5, 0.6) is 11.5 Å². The lowest BCUT2D eigenvalue weighted by molar-refractivity contribution is 0.0931. The number of piperidine rings is 1. The van der Waals surface area contributed by atoms with Crippen molar-refractivity contribution in [3.8, 4) is 11.5 Å². The molecule has 2 heterocycles. The SMILES string of the molecule is O=C1CCOc2ccc(OC3CCNCC3)cc21. The van der Waals surface area contributed by atoms with Crippen LogP contribution in [0.15, 0.2) is 18.2 Å². The number of carbonyl (C=O) groups is 1. The van der Waals surface area contributed by atoms with Gasteiger partial charge in [0.05, 0.1) is 12.2 Å². The lowest BCUT2D eigenvalue weighted by Crippen LogP contribution is -2.34. The molecule has 2 aliphatic rings. The van der Waals surface area contributed by atoms with Gasteiger partial charge >= 0.3 is 0 Å². The molecule has 1 fully saturated rings. The van der Waals surface area contributed by atoms with Gasteiger partial charge in [-0.2, -0.15) is 0 Å². The van der Waals surface area contributed by atoms with E-state index in [0.29, 0.717) is 24.3 Å². The maximum absolute atomic E-state index is 11.8. The van der Waals surface area contributed by atoms with E-state index in [9.17, 15) is 4.79 Å². The van der Waals surface area contributed by atoms with Crippen LogP contribution in [0.4, 0.5) is 0 Å². The fourth-order valence-corrected chi connectivity index (χ4v) is 2.42. The Labute approximate surface area is 106 Å². The summed E-state index contributed by atoms with van der Waals surface area (Å²) in [4.78, 5) is 11.8. The normalized spacial score (nSPS) is 20.1. The van der Waals surface area contributed by atoms with Crippen molar-refractivity contribution in [3.63, 3.8) is 0 Å². The molecule has 1 saturated heterocycles. The molecule has 0 saturated carbocycles. The Morgan fingerprint density at radius 3 is 2.94 bits per heavy atom. The minimum absolute atomic E-state index is 0.145. The largest absolute Gasteiger partial charge is 0.492 e. The second-order valence-corrected chi connectivity index (χ2v) is 4.75. The maximum atomic E-state index is 11.8. The molecule has 0 aliphatic carbocycles. The quantitative estimate of drug-likeness (QED) is 0.865. The van der Waals surface area contributed by atoms with Crippen LogP contribution in [0.2, 0.25) is 0 Å². The fourth-order valence-electron chi connectivity index (χ4n) is 2.42. The van der Waals surface area contributed by atoms with E-state index in [4.69, 9.17) is 9.47 Å². The van der Waals surface area contributed by atoms with Crippen LogP contribution in [0.3, 0.4) is 0 Å². The molecule has 0 amide bonds.